The molecular formula is C6H13Cl2P. The van der Waals surface area contributed by atoms with Crippen LogP contribution in [0, 0.1) is 0 Å². The molecule has 0 N–H and O–H groups in total. The molecule has 0 radical (unpaired) electrons. The molecule has 56 valence electrons. The first-order chi connectivity index (χ1) is 4.41. The third-order valence-corrected chi connectivity index (χ3v) is 1.50. The minimum atomic E-state index is 0.0278. The van der Waals surface area contributed by atoms with E-state index >= 15 is 0 Å². The van der Waals surface area contributed by atoms with E-state index in [9.17, 15) is 0 Å². The van der Waals surface area contributed by atoms with Crippen molar-refractivity contribution in [1.82, 2.24) is 0 Å². The van der Waals surface area contributed by atoms with E-state index in [1.54, 1.807) is 0 Å². The fraction of sp³-hybridized carbons (Fsp3) is 1.00. The maximum Gasteiger partial charge on any atom is 0.0713 e. The maximum atomic E-state index is 4.79. The zero-order valence-electron chi connectivity index (χ0n) is 5.50. The summed E-state index contributed by atoms with van der Waals surface area (Å²) in [6.07, 6.45) is 9.00. The van der Waals surface area contributed by atoms with Gasteiger partial charge in [0.2, 0.25) is 0 Å². The SMILES string of the molecule is C1CCCCC1.ClPCl. The Balaban J connectivity index is 0.000000187. The Kier molecular flexibility index (Phi) is 10.0. The summed E-state index contributed by atoms with van der Waals surface area (Å²) in [6.45, 7) is 0. The van der Waals surface area contributed by atoms with E-state index in [0.717, 1.165) is 0 Å². The molecule has 0 bridgehead atoms. The normalized spacial score (nSPS) is 18.0. The highest BCUT2D eigenvalue weighted by atomic mass is 35.9. The molecule has 1 rings (SSSR count). The Morgan fingerprint density at radius 2 is 0.778 bits per heavy atom. The fourth-order valence-corrected chi connectivity index (χ4v) is 1.06. The van der Waals surface area contributed by atoms with Gasteiger partial charge in [0.25, 0.3) is 0 Å². The molecule has 0 saturated heterocycles. The lowest BCUT2D eigenvalue weighted by Crippen LogP contribution is -1.85. The van der Waals surface area contributed by atoms with Crippen LogP contribution >= 0.6 is 29.8 Å². The number of rotatable bonds is 0. The van der Waals surface area contributed by atoms with Crippen molar-refractivity contribution in [3.8, 4) is 0 Å². The van der Waals surface area contributed by atoms with Gasteiger partial charge < -0.3 is 0 Å². The summed E-state index contributed by atoms with van der Waals surface area (Å²) >= 11 is 9.58. The van der Waals surface area contributed by atoms with Gasteiger partial charge in [-0.15, -0.1) is 0 Å². The number of hydrogen-bond acceptors (Lipinski definition) is 0. The van der Waals surface area contributed by atoms with Gasteiger partial charge in [-0.25, -0.2) is 0 Å². The minimum absolute atomic E-state index is 0.0278. The van der Waals surface area contributed by atoms with Gasteiger partial charge in [0, 0.05) is 0 Å². The average molecular weight is 187 g/mol. The van der Waals surface area contributed by atoms with Gasteiger partial charge in [0.05, 0.1) is 7.29 Å². The van der Waals surface area contributed by atoms with Crippen LogP contribution in [-0.2, 0) is 0 Å². The van der Waals surface area contributed by atoms with Crippen LogP contribution in [0.4, 0.5) is 0 Å². The van der Waals surface area contributed by atoms with Crippen LogP contribution in [0.1, 0.15) is 38.5 Å². The molecule has 9 heavy (non-hydrogen) atoms. The average Bonchev–Trinajstić information content (AvgIpc) is 1.93. The summed E-state index contributed by atoms with van der Waals surface area (Å²) < 4.78 is 0. The maximum absolute atomic E-state index is 4.79. The second-order valence-electron chi connectivity index (χ2n) is 2.19. The van der Waals surface area contributed by atoms with Crippen molar-refractivity contribution in [2.75, 3.05) is 0 Å². The predicted octanol–water partition coefficient (Wildman–Crippen LogP) is 4.31. The van der Waals surface area contributed by atoms with E-state index in [4.69, 9.17) is 22.5 Å². The quantitative estimate of drug-likeness (QED) is 0.495. The topological polar surface area (TPSA) is 0 Å². The van der Waals surface area contributed by atoms with Crippen molar-refractivity contribution in [1.29, 1.82) is 0 Å². The van der Waals surface area contributed by atoms with E-state index < -0.39 is 0 Å². The molecule has 1 aliphatic carbocycles. The lowest BCUT2D eigenvalue weighted by molar-refractivity contribution is 0.504. The van der Waals surface area contributed by atoms with E-state index in [1.807, 2.05) is 0 Å². The Bertz CT molecular complexity index is 34.8. The monoisotopic (exact) mass is 186 g/mol. The van der Waals surface area contributed by atoms with Gasteiger partial charge in [0.1, 0.15) is 0 Å². The minimum Gasteiger partial charge on any atom is -0.0818 e. The van der Waals surface area contributed by atoms with Crippen molar-refractivity contribution in [2.24, 2.45) is 0 Å². The van der Waals surface area contributed by atoms with Crippen LogP contribution < -0.4 is 0 Å². The molecule has 1 aliphatic rings. The fourth-order valence-electron chi connectivity index (χ4n) is 1.06. The highest BCUT2D eigenvalue weighted by molar-refractivity contribution is 7.90. The third-order valence-electron chi connectivity index (χ3n) is 1.50. The summed E-state index contributed by atoms with van der Waals surface area (Å²) in [4.78, 5) is 0. The zero-order valence-corrected chi connectivity index (χ0v) is 8.01. The van der Waals surface area contributed by atoms with Crippen LogP contribution in [0.2, 0.25) is 0 Å². The van der Waals surface area contributed by atoms with E-state index in [-0.39, 0.29) is 7.29 Å². The highest BCUT2D eigenvalue weighted by Gasteiger charge is 1.95. The van der Waals surface area contributed by atoms with Crippen LogP contribution in [0.5, 0.6) is 0 Å². The van der Waals surface area contributed by atoms with Crippen molar-refractivity contribution in [3.63, 3.8) is 0 Å². The Morgan fingerprint density at radius 1 is 0.667 bits per heavy atom. The second-order valence-corrected chi connectivity index (χ2v) is 4.05. The summed E-state index contributed by atoms with van der Waals surface area (Å²) in [6, 6.07) is 0. The third kappa shape index (κ3) is 9.01. The van der Waals surface area contributed by atoms with Crippen molar-refractivity contribution in [2.45, 2.75) is 38.5 Å². The molecule has 0 atom stereocenters. The van der Waals surface area contributed by atoms with Crippen molar-refractivity contribution >= 4 is 29.8 Å². The molecule has 3 heteroatoms. The Labute approximate surface area is 68.7 Å². The van der Waals surface area contributed by atoms with Gasteiger partial charge >= 0.3 is 0 Å². The van der Waals surface area contributed by atoms with Gasteiger partial charge in [-0.2, -0.15) is 0 Å². The first-order valence-corrected chi connectivity index (χ1v) is 6.40. The number of hydrogen-bond donors (Lipinski definition) is 0. The van der Waals surface area contributed by atoms with Crippen molar-refractivity contribution < 1.29 is 0 Å². The summed E-state index contributed by atoms with van der Waals surface area (Å²) in [5, 5.41) is 0. The molecule has 1 fully saturated rings. The van der Waals surface area contributed by atoms with Crippen molar-refractivity contribution in [3.05, 3.63) is 0 Å². The van der Waals surface area contributed by atoms with E-state index in [2.05, 4.69) is 0 Å². The van der Waals surface area contributed by atoms with Gasteiger partial charge in [-0.05, 0) is 0 Å². The summed E-state index contributed by atoms with van der Waals surface area (Å²) in [5.74, 6) is 0. The molecule has 0 aromatic heterocycles. The Morgan fingerprint density at radius 3 is 0.889 bits per heavy atom. The molecule has 0 unspecified atom stereocenters. The standard InChI is InChI=1S/C6H12.Cl2HP/c1-2-4-6-5-3-1;1-3-2/h1-6H2;3H. The Hall–Kier alpha value is 1.01. The molecule has 0 nitrogen and oxygen atoms in total. The van der Waals surface area contributed by atoms with E-state index in [1.165, 1.54) is 38.5 Å². The van der Waals surface area contributed by atoms with Crippen LogP contribution in [0.25, 0.3) is 0 Å². The molecule has 0 aliphatic heterocycles. The van der Waals surface area contributed by atoms with E-state index in [0.29, 0.717) is 0 Å². The molecule has 0 heterocycles. The predicted molar refractivity (Wildman–Crippen MR) is 47.7 cm³/mol. The van der Waals surface area contributed by atoms with Gasteiger partial charge in [-0.3, -0.25) is 0 Å². The van der Waals surface area contributed by atoms with Gasteiger partial charge in [-0.1, -0.05) is 61.0 Å². The van der Waals surface area contributed by atoms with Crippen LogP contribution in [-0.4, -0.2) is 0 Å². The molecule has 0 aromatic rings. The zero-order chi connectivity index (χ0) is 6.95. The van der Waals surface area contributed by atoms with Gasteiger partial charge in [0.15, 0.2) is 0 Å². The van der Waals surface area contributed by atoms with Crippen LogP contribution in [0.3, 0.4) is 0 Å². The molecular weight excluding hydrogens is 174 g/mol. The molecule has 0 aromatic carbocycles. The highest BCUT2D eigenvalue weighted by Crippen LogP contribution is 2.19. The first kappa shape index (κ1) is 10.0. The lowest BCUT2D eigenvalue weighted by Gasteiger charge is -2.05. The summed E-state index contributed by atoms with van der Waals surface area (Å²) in [7, 11) is 0.0278. The van der Waals surface area contributed by atoms with Crippen LogP contribution in [0.15, 0.2) is 0 Å². The first-order valence-electron chi connectivity index (χ1n) is 3.38. The lowest BCUT2D eigenvalue weighted by atomic mass is 10.0. The second kappa shape index (κ2) is 9.01. The summed E-state index contributed by atoms with van der Waals surface area (Å²) in [5.41, 5.74) is 0. The number of halogens is 2. The molecule has 0 amide bonds. The largest absolute Gasteiger partial charge is 0.0818 e. The molecule has 1 saturated carbocycles. The molecule has 0 spiro atoms. The smallest absolute Gasteiger partial charge is 0.0713 e.